The molecule has 29 heavy (non-hydrogen) atoms. The van der Waals surface area contributed by atoms with Crippen LogP contribution in [0.1, 0.15) is 29.8 Å². The SMILES string of the molecule is C#CCC[C@@H]1CCN(C(=O)c2csc(-c3ccccc3Oc3ccccc3)n2)C1. The van der Waals surface area contributed by atoms with E-state index in [0.29, 0.717) is 11.6 Å². The molecule has 0 aliphatic carbocycles. The van der Waals surface area contributed by atoms with Gasteiger partial charge in [-0.25, -0.2) is 4.98 Å². The number of terminal acetylenes is 1. The van der Waals surface area contributed by atoms with Crippen LogP contribution in [0.4, 0.5) is 0 Å². The van der Waals surface area contributed by atoms with E-state index < -0.39 is 0 Å². The van der Waals surface area contributed by atoms with Crippen LogP contribution < -0.4 is 4.74 Å². The van der Waals surface area contributed by atoms with Crippen LogP contribution in [0.15, 0.2) is 60.0 Å². The first-order valence-corrected chi connectivity index (χ1v) is 10.6. The van der Waals surface area contributed by atoms with Gasteiger partial charge in [-0.3, -0.25) is 4.79 Å². The Morgan fingerprint density at radius 2 is 2.00 bits per heavy atom. The molecule has 0 spiro atoms. The molecule has 1 fully saturated rings. The van der Waals surface area contributed by atoms with Crippen LogP contribution in [-0.4, -0.2) is 28.9 Å². The molecule has 146 valence electrons. The summed E-state index contributed by atoms with van der Waals surface area (Å²) in [5, 5.41) is 2.62. The normalized spacial score (nSPS) is 15.8. The summed E-state index contributed by atoms with van der Waals surface area (Å²) in [5.74, 6) is 4.67. The minimum absolute atomic E-state index is 0.00262. The molecule has 1 saturated heterocycles. The Morgan fingerprint density at radius 1 is 1.21 bits per heavy atom. The molecule has 0 radical (unpaired) electrons. The number of thiazole rings is 1. The zero-order valence-electron chi connectivity index (χ0n) is 16.1. The van der Waals surface area contributed by atoms with Gasteiger partial charge in [0.2, 0.25) is 0 Å². The smallest absolute Gasteiger partial charge is 0.273 e. The fraction of sp³-hybridized carbons (Fsp3) is 0.250. The molecule has 0 bridgehead atoms. The van der Waals surface area contributed by atoms with Gasteiger partial charge in [0.1, 0.15) is 22.2 Å². The fourth-order valence-electron chi connectivity index (χ4n) is 3.55. The number of aromatic nitrogens is 1. The average molecular weight is 403 g/mol. The molecule has 1 aliphatic rings. The van der Waals surface area contributed by atoms with Gasteiger partial charge in [-0.1, -0.05) is 30.3 Å². The molecule has 2 heterocycles. The number of amides is 1. The predicted octanol–water partition coefficient (Wildman–Crippen LogP) is 5.48. The van der Waals surface area contributed by atoms with E-state index in [-0.39, 0.29) is 5.91 Å². The zero-order valence-corrected chi connectivity index (χ0v) is 16.9. The highest BCUT2D eigenvalue weighted by molar-refractivity contribution is 7.13. The lowest BCUT2D eigenvalue weighted by molar-refractivity contribution is 0.0782. The number of rotatable bonds is 6. The summed E-state index contributed by atoms with van der Waals surface area (Å²) in [5.41, 5.74) is 1.38. The maximum atomic E-state index is 12.9. The topological polar surface area (TPSA) is 42.4 Å². The third-order valence-electron chi connectivity index (χ3n) is 5.08. The largest absolute Gasteiger partial charge is 0.457 e. The van der Waals surface area contributed by atoms with Crippen molar-refractivity contribution in [1.82, 2.24) is 9.88 Å². The highest BCUT2D eigenvalue weighted by Crippen LogP contribution is 2.35. The lowest BCUT2D eigenvalue weighted by Crippen LogP contribution is -2.28. The highest BCUT2D eigenvalue weighted by atomic mass is 32.1. The van der Waals surface area contributed by atoms with Gasteiger partial charge in [-0.15, -0.1) is 23.7 Å². The molecule has 0 N–H and O–H groups in total. The second kappa shape index (κ2) is 8.93. The molecule has 1 amide bonds. The Labute approximate surface area is 175 Å². The Balaban J connectivity index is 1.50. The van der Waals surface area contributed by atoms with Crippen molar-refractivity contribution >= 4 is 17.2 Å². The van der Waals surface area contributed by atoms with Crippen LogP contribution >= 0.6 is 11.3 Å². The summed E-state index contributed by atoms with van der Waals surface area (Å²) in [6.45, 7) is 1.54. The number of benzene rings is 2. The number of hydrogen-bond donors (Lipinski definition) is 0. The van der Waals surface area contributed by atoms with E-state index in [0.717, 1.165) is 54.4 Å². The Kier molecular flexibility index (Phi) is 5.92. The number of ether oxygens (including phenoxy) is 1. The lowest BCUT2D eigenvalue weighted by atomic mass is 10.0. The van der Waals surface area contributed by atoms with Crippen molar-refractivity contribution in [3.63, 3.8) is 0 Å². The molecule has 1 aliphatic heterocycles. The average Bonchev–Trinajstić information content (AvgIpc) is 3.43. The third kappa shape index (κ3) is 4.49. The third-order valence-corrected chi connectivity index (χ3v) is 5.96. The summed E-state index contributed by atoms with van der Waals surface area (Å²) in [6, 6.07) is 17.4. The molecule has 4 nitrogen and oxygen atoms in total. The minimum Gasteiger partial charge on any atom is -0.457 e. The second-order valence-electron chi connectivity index (χ2n) is 7.10. The van der Waals surface area contributed by atoms with E-state index in [1.807, 2.05) is 64.9 Å². The van der Waals surface area contributed by atoms with Gasteiger partial charge in [0.05, 0.1) is 5.56 Å². The number of carbonyl (C=O) groups excluding carboxylic acids is 1. The molecule has 5 heteroatoms. The summed E-state index contributed by atoms with van der Waals surface area (Å²) < 4.78 is 6.04. The molecule has 0 unspecified atom stereocenters. The van der Waals surface area contributed by atoms with Gasteiger partial charge in [0.25, 0.3) is 5.91 Å². The fourth-order valence-corrected chi connectivity index (χ4v) is 4.37. The van der Waals surface area contributed by atoms with Crippen molar-refractivity contribution in [2.45, 2.75) is 19.3 Å². The van der Waals surface area contributed by atoms with Gasteiger partial charge in [0, 0.05) is 24.9 Å². The van der Waals surface area contributed by atoms with Crippen molar-refractivity contribution in [3.8, 4) is 34.4 Å². The van der Waals surface area contributed by atoms with Crippen LogP contribution in [0, 0.1) is 18.3 Å². The van der Waals surface area contributed by atoms with Crippen molar-refractivity contribution in [2.75, 3.05) is 13.1 Å². The molecule has 1 aromatic heterocycles. The molecule has 4 rings (SSSR count). The molecule has 3 aromatic rings. The van der Waals surface area contributed by atoms with Gasteiger partial charge in [0.15, 0.2) is 0 Å². The van der Waals surface area contributed by atoms with Gasteiger partial charge >= 0.3 is 0 Å². The van der Waals surface area contributed by atoms with Crippen LogP contribution in [0.25, 0.3) is 10.6 Å². The van der Waals surface area contributed by atoms with Gasteiger partial charge in [-0.2, -0.15) is 0 Å². The van der Waals surface area contributed by atoms with E-state index in [9.17, 15) is 4.79 Å². The number of para-hydroxylation sites is 2. The van der Waals surface area contributed by atoms with Crippen LogP contribution in [0.3, 0.4) is 0 Å². The lowest BCUT2D eigenvalue weighted by Gasteiger charge is -2.14. The van der Waals surface area contributed by atoms with E-state index in [1.54, 1.807) is 0 Å². The quantitative estimate of drug-likeness (QED) is 0.513. The maximum absolute atomic E-state index is 12.9. The van der Waals surface area contributed by atoms with Crippen molar-refractivity contribution in [2.24, 2.45) is 5.92 Å². The number of nitrogens with zero attached hydrogens (tertiary/aromatic N) is 2. The van der Waals surface area contributed by atoms with Gasteiger partial charge < -0.3 is 9.64 Å². The van der Waals surface area contributed by atoms with Crippen molar-refractivity contribution in [1.29, 1.82) is 0 Å². The molecule has 0 saturated carbocycles. The Hall–Kier alpha value is -3.10. The van der Waals surface area contributed by atoms with E-state index in [1.165, 1.54) is 11.3 Å². The minimum atomic E-state index is -0.00262. The second-order valence-corrected chi connectivity index (χ2v) is 7.96. The molecular weight excluding hydrogens is 380 g/mol. The molecule has 2 aromatic carbocycles. The van der Waals surface area contributed by atoms with Crippen molar-refractivity contribution in [3.05, 3.63) is 65.7 Å². The standard InChI is InChI=1S/C24H22N2O2S/c1-2-3-9-18-14-15-26(16-18)24(27)21-17-29-23(25-21)20-12-7-8-13-22(20)28-19-10-5-4-6-11-19/h1,4-8,10-13,17-18H,3,9,14-16H2/t18-/m1/s1. The van der Waals surface area contributed by atoms with Gasteiger partial charge in [-0.05, 0) is 43.0 Å². The molecular formula is C24H22N2O2S. The summed E-state index contributed by atoms with van der Waals surface area (Å²) in [6.07, 6.45) is 8.12. The number of likely N-dealkylation sites (tertiary alicyclic amines) is 1. The summed E-state index contributed by atoms with van der Waals surface area (Å²) >= 11 is 1.46. The number of hydrogen-bond acceptors (Lipinski definition) is 4. The van der Waals surface area contributed by atoms with E-state index in [2.05, 4.69) is 10.9 Å². The van der Waals surface area contributed by atoms with E-state index >= 15 is 0 Å². The van der Waals surface area contributed by atoms with Crippen LogP contribution in [0.5, 0.6) is 11.5 Å². The maximum Gasteiger partial charge on any atom is 0.273 e. The summed E-state index contributed by atoms with van der Waals surface area (Å²) in [4.78, 5) is 19.4. The van der Waals surface area contributed by atoms with Crippen molar-refractivity contribution < 1.29 is 9.53 Å². The monoisotopic (exact) mass is 402 g/mol. The highest BCUT2D eigenvalue weighted by Gasteiger charge is 2.28. The van der Waals surface area contributed by atoms with Crippen LogP contribution in [0.2, 0.25) is 0 Å². The Bertz CT molecular complexity index is 1020. The first-order valence-electron chi connectivity index (χ1n) is 9.75. The molecule has 1 atom stereocenters. The zero-order chi connectivity index (χ0) is 20.1. The Morgan fingerprint density at radius 3 is 2.83 bits per heavy atom. The summed E-state index contributed by atoms with van der Waals surface area (Å²) in [7, 11) is 0. The number of carbonyl (C=O) groups is 1. The first-order chi connectivity index (χ1) is 14.2. The predicted molar refractivity (Wildman–Crippen MR) is 116 cm³/mol. The van der Waals surface area contributed by atoms with Crippen LogP contribution in [-0.2, 0) is 0 Å². The van der Waals surface area contributed by atoms with E-state index in [4.69, 9.17) is 11.2 Å². The first kappa shape index (κ1) is 19.2.